The Kier molecular flexibility index (Phi) is 12.3. The molecule has 0 fully saturated rings. The van der Waals surface area contributed by atoms with Crippen molar-refractivity contribution in [1.29, 1.82) is 0 Å². The number of allylic oxidation sites excluding steroid dienone is 3. The molecule has 0 aliphatic heterocycles. The number of phenolic OH excluding ortho intramolecular Hbond substituents is 1. The lowest BCUT2D eigenvalue weighted by atomic mass is 9.65. The van der Waals surface area contributed by atoms with Crippen molar-refractivity contribution < 1.29 is 29.3 Å². The van der Waals surface area contributed by atoms with Crippen LogP contribution in [0.5, 0.6) is 11.5 Å². The van der Waals surface area contributed by atoms with Crippen LogP contribution < -0.4 is 15.4 Å². The first kappa shape index (κ1) is 32.7. The molecular formula is C33H50N2O6. The van der Waals surface area contributed by atoms with Gasteiger partial charge in [-0.25, -0.2) is 0 Å². The first-order chi connectivity index (χ1) is 19.6. The number of fused-ring (bicyclic) bond motifs is 1. The summed E-state index contributed by atoms with van der Waals surface area (Å²) in [5, 5.41) is 27.1. The van der Waals surface area contributed by atoms with Crippen molar-refractivity contribution in [2.45, 2.75) is 91.0 Å². The van der Waals surface area contributed by atoms with Crippen LogP contribution in [0.4, 0.5) is 0 Å². The molecule has 8 nitrogen and oxygen atoms in total. The minimum Gasteiger partial charge on any atom is -0.504 e. The van der Waals surface area contributed by atoms with E-state index in [-0.39, 0.29) is 53.9 Å². The second-order valence-corrected chi connectivity index (χ2v) is 12.0. The molecule has 8 atom stereocenters. The number of aromatic hydroxyl groups is 1. The Balaban J connectivity index is 1.66. The fourth-order valence-electron chi connectivity index (χ4n) is 6.14. The van der Waals surface area contributed by atoms with E-state index in [0.29, 0.717) is 37.0 Å². The molecule has 0 saturated carbocycles. The number of ether oxygens (including phenoxy) is 2. The molecule has 1 unspecified atom stereocenters. The molecule has 0 bridgehead atoms. The highest BCUT2D eigenvalue weighted by Crippen LogP contribution is 2.45. The summed E-state index contributed by atoms with van der Waals surface area (Å²) in [6, 6.07) is 4.91. The number of carbonyl (C=O) groups excluding carboxylic acids is 2. The number of phenols is 1. The molecule has 0 spiro atoms. The summed E-state index contributed by atoms with van der Waals surface area (Å²) >= 11 is 0. The molecule has 8 heteroatoms. The molecule has 1 aromatic rings. The fraction of sp³-hybridized carbons (Fsp3) is 0.636. The van der Waals surface area contributed by atoms with Gasteiger partial charge in [-0.1, -0.05) is 52.0 Å². The Morgan fingerprint density at radius 3 is 2.66 bits per heavy atom. The lowest BCUT2D eigenvalue weighted by molar-refractivity contribution is -0.158. The van der Waals surface area contributed by atoms with Crippen molar-refractivity contribution in [2.75, 3.05) is 14.2 Å². The third-order valence-electron chi connectivity index (χ3n) is 8.82. The van der Waals surface area contributed by atoms with Crippen molar-refractivity contribution >= 4 is 11.9 Å². The topological polar surface area (TPSA) is 117 Å². The molecule has 228 valence electrons. The lowest BCUT2D eigenvalue weighted by Crippen LogP contribution is -2.42. The molecule has 4 N–H and O–H groups in total. The molecule has 1 amide bonds. The number of amides is 1. The number of aliphatic hydroxyl groups excluding tert-OH is 1. The second-order valence-electron chi connectivity index (χ2n) is 12.0. The molecule has 0 saturated heterocycles. The Bertz CT molecular complexity index is 1090. The number of esters is 1. The molecule has 2 aliphatic carbocycles. The second kappa shape index (κ2) is 15.4. The normalized spacial score (nSPS) is 25.8. The average molecular weight is 571 g/mol. The molecule has 41 heavy (non-hydrogen) atoms. The van der Waals surface area contributed by atoms with Gasteiger partial charge in [-0.15, -0.1) is 0 Å². The number of hydrogen-bond donors (Lipinski definition) is 4. The standard InChI is InChI=1S/C33H50N2O6/c1-7-21(3)33(39)41-30-15-20(2)14-24-10-8-22(4)27(32(24)30)12-11-26(36)17-25(18-31(38)34-5)35-19-23-9-13-28(37)29(16-23)40-6/h8-10,13-14,16,20-22,25-27,30,32,35-37H,7,11-12,15,17-19H2,1-6H3,(H,34,38)/t20-,21-,22-,25?,26+,27-,30-,32-/m0/s1. The maximum Gasteiger partial charge on any atom is 0.308 e. The number of rotatable bonds is 14. The van der Waals surface area contributed by atoms with Gasteiger partial charge in [-0.3, -0.25) is 9.59 Å². The summed E-state index contributed by atoms with van der Waals surface area (Å²) in [5.41, 5.74) is 2.15. The van der Waals surface area contributed by atoms with Gasteiger partial charge < -0.3 is 30.3 Å². The molecule has 1 aromatic carbocycles. The van der Waals surface area contributed by atoms with Gasteiger partial charge in [0.1, 0.15) is 6.10 Å². The van der Waals surface area contributed by atoms with E-state index < -0.39 is 6.10 Å². The lowest BCUT2D eigenvalue weighted by Gasteiger charge is -2.43. The summed E-state index contributed by atoms with van der Waals surface area (Å²) in [7, 11) is 3.11. The molecule has 0 aromatic heterocycles. The first-order valence-corrected chi connectivity index (χ1v) is 15.1. The van der Waals surface area contributed by atoms with Crippen molar-refractivity contribution in [3.05, 3.63) is 47.6 Å². The van der Waals surface area contributed by atoms with Gasteiger partial charge in [0.25, 0.3) is 0 Å². The third kappa shape index (κ3) is 9.07. The molecular weight excluding hydrogens is 520 g/mol. The zero-order chi connectivity index (χ0) is 30.1. The number of nitrogens with one attached hydrogen (secondary N) is 2. The van der Waals surface area contributed by atoms with E-state index in [2.05, 4.69) is 42.7 Å². The molecule has 0 heterocycles. The Labute approximate surface area is 245 Å². The monoisotopic (exact) mass is 570 g/mol. The molecule has 2 aliphatic rings. The Hall–Kier alpha value is -2.84. The van der Waals surface area contributed by atoms with Crippen LogP contribution in [0.2, 0.25) is 0 Å². The minimum absolute atomic E-state index is 0.0719. The quantitative estimate of drug-likeness (QED) is 0.235. The van der Waals surface area contributed by atoms with Crippen molar-refractivity contribution in [3.8, 4) is 11.5 Å². The van der Waals surface area contributed by atoms with Gasteiger partial charge >= 0.3 is 5.97 Å². The smallest absolute Gasteiger partial charge is 0.308 e. The van der Waals surface area contributed by atoms with E-state index in [1.54, 1.807) is 25.2 Å². The van der Waals surface area contributed by atoms with Crippen LogP contribution in [0.1, 0.15) is 71.8 Å². The highest BCUT2D eigenvalue weighted by molar-refractivity contribution is 5.76. The first-order valence-electron chi connectivity index (χ1n) is 15.1. The number of methoxy groups -OCH3 is 1. The summed E-state index contributed by atoms with van der Waals surface area (Å²) in [6.07, 6.45) is 9.62. The Morgan fingerprint density at radius 1 is 1.22 bits per heavy atom. The maximum atomic E-state index is 12.8. The summed E-state index contributed by atoms with van der Waals surface area (Å²) in [6.45, 7) is 8.77. The van der Waals surface area contributed by atoms with E-state index in [1.165, 1.54) is 12.7 Å². The van der Waals surface area contributed by atoms with Gasteiger partial charge in [-0.05, 0) is 73.1 Å². The largest absolute Gasteiger partial charge is 0.504 e. The highest BCUT2D eigenvalue weighted by Gasteiger charge is 2.41. The van der Waals surface area contributed by atoms with Crippen LogP contribution >= 0.6 is 0 Å². The van der Waals surface area contributed by atoms with Crippen LogP contribution in [-0.2, 0) is 20.9 Å². The van der Waals surface area contributed by atoms with Crippen molar-refractivity contribution in [2.24, 2.45) is 29.6 Å². The van der Waals surface area contributed by atoms with Gasteiger partial charge in [0, 0.05) is 32.0 Å². The third-order valence-corrected chi connectivity index (χ3v) is 8.82. The number of aliphatic hydroxyl groups is 1. The van der Waals surface area contributed by atoms with E-state index in [1.807, 2.05) is 13.8 Å². The maximum absolute atomic E-state index is 12.8. The Morgan fingerprint density at radius 2 is 1.98 bits per heavy atom. The number of benzene rings is 1. The van der Waals surface area contributed by atoms with Gasteiger partial charge in [0.2, 0.25) is 5.91 Å². The van der Waals surface area contributed by atoms with E-state index in [9.17, 15) is 19.8 Å². The summed E-state index contributed by atoms with van der Waals surface area (Å²) in [5.74, 6) is 1.13. The minimum atomic E-state index is -0.597. The van der Waals surface area contributed by atoms with Crippen LogP contribution in [0.25, 0.3) is 0 Å². The van der Waals surface area contributed by atoms with Crippen LogP contribution in [-0.4, -0.2) is 54.5 Å². The van der Waals surface area contributed by atoms with E-state index in [0.717, 1.165) is 24.8 Å². The van der Waals surface area contributed by atoms with Crippen LogP contribution in [0.3, 0.4) is 0 Å². The van der Waals surface area contributed by atoms with Crippen molar-refractivity contribution in [1.82, 2.24) is 10.6 Å². The van der Waals surface area contributed by atoms with Gasteiger partial charge in [-0.2, -0.15) is 0 Å². The van der Waals surface area contributed by atoms with Gasteiger partial charge in [0.15, 0.2) is 11.5 Å². The molecule has 3 rings (SSSR count). The summed E-state index contributed by atoms with van der Waals surface area (Å²) < 4.78 is 11.3. The van der Waals surface area contributed by atoms with Crippen LogP contribution in [0.15, 0.2) is 42.0 Å². The predicted octanol–water partition coefficient (Wildman–Crippen LogP) is 4.89. The predicted molar refractivity (Wildman–Crippen MR) is 160 cm³/mol. The zero-order valence-corrected chi connectivity index (χ0v) is 25.6. The highest BCUT2D eigenvalue weighted by atomic mass is 16.5. The SMILES string of the molecule is CC[C@H](C)C(=O)O[C@H]1C[C@@H](C)C=C2C=C[C@H](C)[C@H](CC[C@@H](O)CC(CC(=O)NC)NCc3ccc(O)c(OC)c3)[C@H]21. The summed E-state index contributed by atoms with van der Waals surface area (Å²) in [4.78, 5) is 25.0. The van der Waals surface area contributed by atoms with Crippen molar-refractivity contribution in [3.63, 3.8) is 0 Å². The number of carbonyl (C=O) groups is 2. The fourth-order valence-corrected chi connectivity index (χ4v) is 6.14. The van der Waals surface area contributed by atoms with E-state index >= 15 is 0 Å². The van der Waals surface area contributed by atoms with E-state index in [4.69, 9.17) is 9.47 Å². The number of hydrogen-bond acceptors (Lipinski definition) is 7. The molecule has 0 radical (unpaired) electrons. The average Bonchev–Trinajstić information content (AvgIpc) is 2.95. The zero-order valence-electron chi connectivity index (χ0n) is 25.6. The van der Waals surface area contributed by atoms with Crippen LogP contribution in [0, 0.1) is 29.6 Å². The van der Waals surface area contributed by atoms with Gasteiger partial charge in [0.05, 0.1) is 19.1 Å².